The van der Waals surface area contributed by atoms with Crippen LogP contribution in [0.25, 0.3) is 0 Å². The molecule has 1 aromatic carbocycles. The molecule has 0 bridgehead atoms. The van der Waals surface area contributed by atoms with Gasteiger partial charge in [0, 0.05) is 12.1 Å². The van der Waals surface area contributed by atoms with E-state index in [0.717, 1.165) is 18.2 Å². The first-order valence-corrected chi connectivity index (χ1v) is 7.28. The number of phenols is 1. The number of nitrogens with one attached hydrogen (secondary N) is 1. The van der Waals surface area contributed by atoms with E-state index in [0.29, 0.717) is 0 Å². The van der Waals surface area contributed by atoms with Gasteiger partial charge in [0.1, 0.15) is 0 Å². The van der Waals surface area contributed by atoms with Crippen molar-refractivity contribution in [3.05, 3.63) is 28.3 Å². The van der Waals surface area contributed by atoms with Crippen molar-refractivity contribution in [2.45, 2.75) is 24.8 Å². The van der Waals surface area contributed by atoms with Crippen LogP contribution in [-0.2, 0) is 10.0 Å². The largest absolute Gasteiger partial charge is 0.502 e. The molecule has 0 saturated carbocycles. The topological polar surface area (TPSA) is 130 Å². The van der Waals surface area contributed by atoms with Crippen molar-refractivity contribution in [1.82, 2.24) is 4.72 Å². The third-order valence-electron chi connectivity index (χ3n) is 2.76. The summed E-state index contributed by atoms with van der Waals surface area (Å²) in [5, 5.41) is 29.1. The fourth-order valence-electron chi connectivity index (χ4n) is 1.47. The number of nitrogens with zero attached hydrogens (tertiary/aromatic N) is 1. The molecule has 0 aliphatic rings. The Morgan fingerprint density at radius 3 is 2.45 bits per heavy atom. The van der Waals surface area contributed by atoms with Gasteiger partial charge in [-0.2, -0.15) is 0 Å². The summed E-state index contributed by atoms with van der Waals surface area (Å²) in [6.07, 6.45) is 0. The van der Waals surface area contributed by atoms with Crippen LogP contribution in [0.3, 0.4) is 0 Å². The molecule has 9 heteroatoms. The summed E-state index contributed by atoms with van der Waals surface area (Å²) in [5.74, 6) is -0.765. The zero-order valence-electron chi connectivity index (χ0n) is 11.0. The minimum absolute atomic E-state index is 0.151. The van der Waals surface area contributed by atoms with Crippen LogP contribution in [0.2, 0.25) is 0 Å². The maximum absolute atomic E-state index is 12.1. The van der Waals surface area contributed by atoms with Crippen LogP contribution in [0.15, 0.2) is 23.1 Å². The average molecular weight is 304 g/mol. The Bertz CT molecular complexity index is 599. The van der Waals surface area contributed by atoms with E-state index in [1.807, 2.05) is 0 Å². The number of aliphatic hydroxyl groups is 1. The molecule has 0 spiro atoms. The number of aromatic hydroxyl groups is 1. The van der Waals surface area contributed by atoms with Crippen molar-refractivity contribution in [1.29, 1.82) is 0 Å². The third kappa shape index (κ3) is 3.65. The molecule has 1 atom stereocenters. The molecule has 3 N–H and O–H groups in total. The minimum Gasteiger partial charge on any atom is -0.502 e. The van der Waals surface area contributed by atoms with Crippen LogP contribution in [-0.4, -0.2) is 36.2 Å². The predicted octanol–water partition coefficient (Wildman–Crippen LogP) is 0.596. The SMILES string of the molecule is CC(C)[C@@H](CO)NS(=O)(=O)c1ccc(O)c([N+](=O)[O-])c1. The minimum atomic E-state index is -4.01. The zero-order valence-corrected chi connectivity index (χ0v) is 11.8. The molecule has 0 unspecified atom stereocenters. The first-order valence-electron chi connectivity index (χ1n) is 5.79. The van der Waals surface area contributed by atoms with Gasteiger partial charge in [0.25, 0.3) is 0 Å². The van der Waals surface area contributed by atoms with Crippen LogP contribution < -0.4 is 4.72 Å². The summed E-state index contributed by atoms with van der Waals surface area (Å²) in [6, 6.07) is 2.06. The van der Waals surface area contributed by atoms with Crippen LogP contribution in [0.4, 0.5) is 5.69 Å². The average Bonchev–Trinajstić information content (AvgIpc) is 2.35. The lowest BCUT2D eigenvalue weighted by Crippen LogP contribution is -2.41. The quantitative estimate of drug-likeness (QED) is 0.521. The van der Waals surface area contributed by atoms with Crippen molar-refractivity contribution in [2.24, 2.45) is 5.92 Å². The Labute approximate surface area is 116 Å². The van der Waals surface area contributed by atoms with Crippen LogP contribution in [0, 0.1) is 16.0 Å². The number of aliphatic hydroxyl groups excluding tert-OH is 1. The Kier molecular flexibility index (Phi) is 5.03. The Morgan fingerprint density at radius 2 is 2.00 bits per heavy atom. The molecule has 0 aromatic heterocycles. The summed E-state index contributed by atoms with van der Waals surface area (Å²) >= 11 is 0. The molecule has 0 heterocycles. The third-order valence-corrected chi connectivity index (χ3v) is 4.25. The lowest BCUT2D eigenvalue weighted by Gasteiger charge is -2.19. The number of sulfonamides is 1. The number of nitro benzene ring substituents is 1. The predicted molar refractivity (Wildman–Crippen MR) is 70.8 cm³/mol. The van der Waals surface area contributed by atoms with Crippen molar-refractivity contribution < 1.29 is 23.6 Å². The van der Waals surface area contributed by atoms with Crippen molar-refractivity contribution >= 4 is 15.7 Å². The van der Waals surface area contributed by atoms with E-state index in [9.17, 15) is 23.6 Å². The van der Waals surface area contributed by atoms with E-state index in [4.69, 9.17) is 5.11 Å². The van der Waals surface area contributed by atoms with E-state index in [2.05, 4.69) is 4.72 Å². The van der Waals surface area contributed by atoms with Crippen molar-refractivity contribution in [3.63, 3.8) is 0 Å². The number of rotatable bonds is 6. The molecule has 0 aliphatic carbocycles. The highest BCUT2D eigenvalue weighted by atomic mass is 32.2. The van der Waals surface area contributed by atoms with Crippen molar-refractivity contribution in [3.8, 4) is 5.75 Å². The van der Waals surface area contributed by atoms with Gasteiger partial charge in [-0.1, -0.05) is 13.8 Å². The fourth-order valence-corrected chi connectivity index (χ4v) is 2.86. The Morgan fingerprint density at radius 1 is 1.40 bits per heavy atom. The summed E-state index contributed by atoms with van der Waals surface area (Å²) in [4.78, 5) is 9.46. The summed E-state index contributed by atoms with van der Waals surface area (Å²) in [7, 11) is -4.01. The van der Waals surface area contributed by atoms with Gasteiger partial charge >= 0.3 is 5.69 Å². The normalized spacial score (nSPS) is 13.4. The second-order valence-corrected chi connectivity index (χ2v) is 6.28. The van der Waals surface area contributed by atoms with Gasteiger partial charge in [-0.25, -0.2) is 13.1 Å². The Balaban J connectivity index is 3.16. The smallest absolute Gasteiger partial charge is 0.312 e. The summed E-state index contributed by atoms with van der Waals surface area (Å²) in [5.41, 5.74) is -0.696. The zero-order chi connectivity index (χ0) is 15.5. The van der Waals surface area contributed by atoms with E-state index in [-0.39, 0.29) is 10.8 Å². The highest BCUT2D eigenvalue weighted by Crippen LogP contribution is 2.28. The lowest BCUT2D eigenvalue weighted by molar-refractivity contribution is -0.386. The molecule has 1 rings (SSSR count). The van der Waals surface area contributed by atoms with E-state index < -0.39 is 39.0 Å². The summed E-state index contributed by atoms with van der Waals surface area (Å²) in [6.45, 7) is 3.06. The van der Waals surface area contributed by atoms with Crippen LogP contribution in [0.1, 0.15) is 13.8 Å². The van der Waals surface area contributed by atoms with Gasteiger partial charge in [-0.3, -0.25) is 10.1 Å². The monoisotopic (exact) mass is 304 g/mol. The summed E-state index contributed by atoms with van der Waals surface area (Å²) < 4.78 is 26.4. The molecule has 0 fully saturated rings. The van der Waals surface area contributed by atoms with Gasteiger partial charge in [-0.05, 0) is 18.1 Å². The number of benzene rings is 1. The molecule has 20 heavy (non-hydrogen) atoms. The van der Waals surface area contributed by atoms with Crippen LogP contribution in [0.5, 0.6) is 5.75 Å². The second kappa shape index (κ2) is 6.16. The standard InChI is InChI=1S/C11H16N2O6S/c1-7(2)9(6-14)12-20(18,19)8-3-4-11(15)10(5-8)13(16)17/h3-5,7,9,12,14-15H,6H2,1-2H3/t9-/m1/s1. The molecule has 0 radical (unpaired) electrons. The number of phenolic OH excluding ortho intramolecular Hbond substituents is 1. The van der Waals surface area contributed by atoms with Gasteiger partial charge in [0.2, 0.25) is 10.0 Å². The van der Waals surface area contributed by atoms with Crippen LogP contribution >= 0.6 is 0 Å². The fraction of sp³-hybridized carbons (Fsp3) is 0.455. The molecule has 8 nitrogen and oxygen atoms in total. The van der Waals surface area contributed by atoms with E-state index in [1.165, 1.54) is 0 Å². The lowest BCUT2D eigenvalue weighted by atomic mass is 10.1. The van der Waals surface area contributed by atoms with Gasteiger partial charge < -0.3 is 10.2 Å². The Hall–Kier alpha value is -1.71. The van der Waals surface area contributed by atoms with Gasteiger partial charge in [0.15, 0.2) is 5.75 Å². The maximum atomic E-state index is 12.1. The van der Waals surface area contributed by atoms with Gasteiger partial charge in [-0.15, -0.1) is 0 Å². The molecule has 0 amide bonds. The second-order valence-electron chi connectivity index (χ2n) is 4.56. The molecule has 0 saturated heterocycles. The van der Waals surface area contributed by atoms with E-state index in [1.54, 1.807) is 13.8 Å². The van der Waals surface area contributed by atoms with Gasteiger partial charge in [0.05, 0.1) is 16.4 Å². The molecule has 0 aliphatic heterocycles. The number of hydrogen-bond acceptors (Lipinski definition) is 6. The first-order chi connectivity index (χ1) is 9.19. The molecule has 112 valence electrons. The molecule has 1 aromatic rings. The molecular weight excluding hydrogens is 288 g/mol. The van der Waals surface area contributed by atoms with Crippen molar-refractivity contribution in [2.75, 3.05) is 6.61 Å². The highest BCUT2D eigenvalue weighted by Gasteiger charge is 2.25. The first kappa shape index (κ1) is 16.3. The maximum Gasteiger partial charge on any atom is 0.312 e. The highest BCUT2D eigenvalue weighted by molar-refractivity contribution is 7.89. The van der Waals surface area contributed by atoms with E-state index >= 15 is 0 Å². The molecular formula is C11H16N2O6S. The number of hydrogen-bond donors (Lipinski definition) is 3. The number of nitro groups is 1.